The first-order chi connectivity index (χ1) is 9.74. The lowest BCUT2D eigenvalue weighted by molar-refractivity contribution is 0.558. The van der Waals surface area contributed by atoms with Gasteiger partial charge in [0.25, 0.3) is 0 Å². The summed E-state index contributed by atoms with van der Waals surface area (Å²) in [6, 6.07) is 4.76. The van der Waals surface area contributed by atoms with Crippen molar-refractivity contribution in [2.75, 3.05) is 24.5 Å². The van der Waals surface area contributed by atoms with Gasteiger partial charge in [-0.2, -0.15) is 0 Å². The van der Waals surface area contributed by atoms with E-state index in [0.717, 1.165) is 31.1 Å². The van der Waals surface area contributed by atoms with Gasteiger partial charge in [-0.05, 0) is 57.2 Å². The molecule has 0 radical (unpaired) electrons. The molecule has 0 aromatic carbocycles. The Bertz CT molecular complexity index is 384. The molecule has 1 saturated carbocycles. The van der Waals surface area contributed by atoms with Gasteiger partial charge in [-0.1, -0.05) is 13.8 Å². The van der Waals surface area contributed by atoms with E-state index in [-0.39, 0.29) is 0 Å². The zero-order valence-electron chi connectivity index (χ0n) is 13.2. The minimum absolute atomic E-state index is 0.340. The lowest BCUT2D eigenvalue weighted by Gasteiger charge is -2.24. The molecule has 1 N–H and O–H groups in total. The van der Waals surface area contributed by atoms with Crippen molar-refractivity contribution in [1.82, 2.24) is 10.3 Å². The van der Waals surface area contributed by atoms with Crippen LogP contribution in [0.2, 0.25) is 0 Å². The van der Waals surface area contributed by atoms with Crippen molar-refractivity contribution in [2.45, 2.75) is 52.5 Å². The minimum atomic E-state index is 0.340. The van der Waals surface area contributed by atoms with Crippen LogP contribution in [-0.4, -0.2) is 24.6 Å². The molecule has 3 heteroatoms. The highest BCUT2D eigenvalue weighted by atomic mass is 15.1. The molecule has 1 heterocycles. The Balaban J connectivity index is 1.97. The van der Waals surface area contributed by atoms with Crippen LogP contribution in [0, 0.1) is 5.92 Å². The van der Waals surface area contributed by atoms with E-state index in [4.69, 9.17) is 0 Å². The maximum absolute atomic E-state index is 4.66. The zero-order chi connectivity index (χ0) is 14.4. The molecule has 1 aromatic heterocycles. The molecule has 0 bridgehead atoms. The van der Waals surface area contributed by atoms with E-state index >= 15 is 0 Å². The van der Waals surface area contributed by atoms with E-state index in [2.05, 4.69) is 54.3 Å². The van der Waals surface area contributed by atoms with Crippen LogP contribution >= 0.6 is 0 Å². The maximum atomic E-state index is 4.66. The largest absolute Gasteiger partial charge is 0.370 e. The Morgan fingerprint density at radius 2 is 2.10 bits per heavy atom. The highest BCUT2D eigenvalue weighted by Crippen LogP contribution is 2.31. The smallest absolute Gasteiger partial charge is 0.0572 e. The summed E-state index contributed by atoms with van der Waals surface area (Å²) in [5.74, 6) is 0.923. The molecule has 112 valence electrons. The number of rotatable bonds is 9. The van der Waals surface area contributed by atoms with E-state index in [9.17, 15) is 0 Å². The second-order valence-electron chi connectivity index (χ2n) is 6.01. The van der Waals surface area contributed by atoms with E-state index < -0.39 is 0 Å². The topological polar surface area (TPSA) is 28.2 Å². The summed E-state index contributed by atoms with van der Waals surface area (Å²) in [4.78, 5) is 7.16. The van der Waals surface area contributed by atoms with Crippen molar-refractivity contribution in [3.05, 3.63) is 24.0 Å². The Hall–Kier alpha value is -1.09. The molecular formula is C17H29N3. The fourth-order valence-electron chi connectivity index (χ4n) is 2.51. The van der Waals surface area contributed by atoms with Crippen LogP contribution < -0.4 is 10.2 Å². The maximum Gasteiger partial charge on any atom is 0.0572 e. The molecule has 20 heavy (non-hydrogen) atoms. The molecule has 1 aromatic rings. The summed E-state index contributed by atoms with van der Waals surface area (Å²) in [6.45, 7) is 10.0. The zero-order valence-corrected chi connectivity index (χ0v) is 13.2. The van der Waals surface area contributed by atoms with Gasteiger partial charge in [-0.25, -0.2) is 0 Å². The number of pyridine rings is 1. The third kappa shape index (κ3) is 4.48. The average Bonchev–Trinajstić information content (AvgIpc) is 3.28. The first kappa shape index (κ1) is 15.3. The van der Waals surface area contributed by atoms with E-state index in [1.807, 2.05) is 0 Å². The third-order valence-electron chi connectivity index (χ3n) is 3.95. The van der Waals surface area contributed by atoms with Crippen molar-refractivity contribution < 1.29 is 0 Å². The van der Waals surface area contributed by atoms with Crippen LogP contribution in [0.5, 0.6) is 0 Å². The fraction of sp³-hybridized carbons (Fsp3) is 0.706. The number of nitrogens with one attached hydrogen (secondary N) is 1. The van der Waals surface area contributed by atoms with E-state index in [1.54, 1.807) is 0 Å². The number of hydrogen-bond donors (Lipinski definition) is 1. The molecule has 1 unspecified atom stereocenters. The van der Waals surface area contributed by atoms with Crippen molar-refractivity contribution in [2.24, 2.45) is 5.92 Å². The quantitative estimate of drug-likeness (QED) is 0.743. The number of anilines is 1. The van der Waals surface area contributed by atoms with Gasteiger partial charge < -0.3 is 10.2 Å². The molecule has 2 rings (SSSR count). The van der Waals surface area contributed by atoms with Gasteiger partial charge >= 0.3 is 0 Å². The van der Waals surface area contributed by atoms with Crippen molar-refractivity contribution in [3.63, 3.8) is 0 Å². The number of aromatic nitrogens is 1. The molecule has 1 aliphatic carbocycles. The Kier molecular flexibility index (Phi) is 5.84. The van der Waals surface area contributed by atoms with Crippen LogP contribution in [0.1, 0.15) is 58.2 Å². The van der Waals surface area contributed by atoms with Gasteiger partial charge in [0.15, 0.2) is 0 Å². The summed E-state index contributed by atoms with van der Waals surface area (Å²) in [5, 5.41) is 3.49. The molecule has 1 atom stereocenters. The normalized spacial score (nSPS) is 16.1. The number of nitrogens with zero attached hydrogens (tertiary/aromatic N) is 2. The van der Waals surface area contributed by atoms with Gasteiger partial charge in [-0.15, -0.1) is 0 Å². The molecule has 0 saturated heterocycles. The average molecular weight is 275 g/mol. The standard InChI is InChI=1S/C17H29N3/c1-4-10-18-14(3)17-9-8-16(12-19-17)20(11-5-2)13-15-6-7-15/h8-9,12,14-15,18H,4-7,10-11,13H2,1-3H3. The third-order valence-corrected chi connectivity index (χ3v) is 3.95. The number of hydrogen-bond acceptors (Lipinski definition) is 3. The minimum Gasteiger partial charge on any atom is -0.370 e. The lowest BCUT2D eigenvalue weighted by atomic mass is 10.2. The van der Waals surface area contributed by atoms with Crippen LogP contribution in [0.3, 0.4) is 0 Å². The van der Waals surface area contributed by atoms with Crippen molar-refractivity contribution in [1.29, 1.82) is 0 Å². The predicted octanol–water partition coefficient (Wildman–Crippen LogP) is 3.77. The molecule has 0 spiro atoms. The molecular weight excluding hydrogens is 246 g/mol. The van der Waals surface area contributed by atoms with E-state index in [0.29, 0.717) is 6.04 Å². The first-order valence-corrected chi connectivity index (χ1v) is 8.18. The van der Waals surface area contributed by atoms with Gasteiger partial charge in [0, 0.05) is 19.1 Å². The summed E-state index contributed by atoms with van der Waals surface area (Å²) in [7, 11) is 0. The van der Waals surface area contributed by atoms with Crippen molar-refractivity contribution >= 4 is 5.69 Å². The van der Waals surface area contributed by atoms with Gasteiger partial charge in [-0.3, -0.25) is 4.98 Å². The SMILES string of the molecule is CCCNC(C)c1ccc(N(CCC)CC2CC2)cn1. The Morgan fingerprint density at radius 1 is 1.30 bits per heavy atom. The summed E-state index contributed by atoms with van der Waals surface area (Å²) >= 11 is 0. The highest BCUT2D eigenvalue weighted by molar-refractivity contribution is 5.45. The lowest BCUT2D eigenvalue weighted by Crippen LogP contribution is -2.27. The predicted molar refractivity (Wildman–Crippen MR) is 86.2 cm³/mol. The van der Waals surface area contributed by atoms with Crippen LogP contribution in [-0.2, 0) is 0 Å². The Morgan fingerprint density at radius 3 is 2.65 bits per heavy atom. The van der Waals surface area contributed by atoms with E-state index in [1.165, 1.54) is 31.5 Å². The first-order valence-electron chi connectivity index (χ1n) is 8.18. The van der Waals surface area contributed by atoms with Gasteiger partial charge in [0.2, 0.25) is 0 Å². The molecule has 1 fully saturated rings. The monoisotopic (exact) mass is 275 g/mol. The van der Waals surface area contributed by atoms with Gasteiger partial charge in [0.05, 0.1) is 17.6 Å². The summed E-state index contributed by atoms with van der Waals surface area (Å²) in [5.41, 5.74) is 2.43. The van der Waals surface area contributed by atoms with Gasteiger partial charge in [0.1, 0.15) is 0 Å². The van der Waals surface area contributed by atoms with Crippen LogP contribution in [0.25, 0.3) is 0 Å². The van der Waals surface area contributed by atoms with Crippen molar-refractivity contribution in [3.8, 4) is 0 Å². The Labute approximate surface area is 123 Å². The molecule has 0 amide bonds. The second kappa shape index (κ2) is 7.63. The van der Waals surface area contributed by atoms with Crippen LogP contribution in [0.4, 0.5) is 5.69 Å². The van der Waals surface area contributed by atoms with Crippen LogP contribution in [0.15, 0.2) is 18.3 Å². The molecule has 3 nitrogen and oxygen atoms in total. The molecule has 0 aliphatic heterocycles. The highest BCUT2D eigenvalue weighted by Gasteiger charge is 2.24. The second-order valence-corrected chi connectivity index (χ2v) is 6.01. The summed E-state index contributed by atoms with van der Waals surface area (Å²) < 4.78 is 0. The molecule has 1 aliphatic rings. The fourth-order valence-corrected chi connectivity index (χ4v) is 2.51. The summed E-state index contributed by atoms with van der Waals surface area (Å²) in [6.07, 6.45) is 7.22.